The predicted octanol–water partition coefficient (Wildman–Crippen LogP) is 2.53. The third kappa shape index (κ3) is 4.79. The van der Waals surface area contributed by atoms with Gasteiger partial charge >= 0.3 is 0 Å². The van der Waals surface area contributed by atoms with E-state index in [4.69, 9.17) is 5.11 Å². The van der Waals surface area contributed by atoms with Gasteiger partial charge in [-0.05, 0) is 17.4 Å². The van der Waals surface area contributed by atoms with E-state index in [0.717, 1.165) is 12.0 Å². The molecule has 64 valence electrons. The number of hydrogen-bond donors (Lipinski definition) is 1. The minimum atomic E-state index is 0.0519. The number of allylic oxidation sites excluding steroid dienone is 1. The van der Waals surface area contributed by atoms with Crippen molar-refractivity contribution in [2.24, 2.45) is 5.41 Å². The van der Waals surface area contributed by atoms with Crippen LogP contribution in [-0.2, 0) is 0 Å². The third-order valence-corrected chi connectivity index (χ3v) is 1.88. The molecule has 0 bridgehead atoms. The summed E-state index contributed by atoms with van der Waals surface area (Å²) in [6.45, 7) is 10.2. The van der Waals surface area contributed by atoms with E-state index >= 15 is 0 Å². The van der Waals surface area contributed by atoms with Crippen molar-refractivity contribution in [1.82, 2.24) is 0 Å². The SMILES string of the molecule is C=C(/C=C\C(C)(C)CC)CO. The van der Waals surface area contributed by atoms with Crippen molar-refractivity contribution in [3.8, 4) is 0 Å². The quantitative estimate of drug-likeness (QED) is 0.617. The average Bonchev–Trinajstić information content (AvgIpc) is 2.00. The summed E-state index contributed by atoms with van der Waals surface area (Å²) in [5, 5.41) is 8.65. The molecule has 1 N–H and O–H groups in total. The van der Waals surface area contributed by atoms with Crippen LogP contribution in [0.1, 0.15) is 27.2 Å². The van der Waals surface area contributed by atoms with Gasteiger partial charge in [-0.3, -0.25) is 0 Å². The second-order valence-corrected chi connectivity index (χ2v) is 3.49. The molecule has 0 aromatic carbocycles. The van der Waals surface area contributed by atoms with E-state index < -0.39 is 0 Å². The second kappa shape index (κ2) is 4.35. The van der Waals surface area contributed by atoms with Crippen LogP contribution < -0.4 is 0 Å². The van der Waals surface area contributed by atoms with Gasteiger partial charge in [-0.1, -0.05) is 39.5 Å². The van der Waals surface area contributed by atoms with Crippen LogP contribution in [0.2, 0.25) is 0 Å². The van der Waals surface area contributed by atoms with Gasteiger partial charge in [0.1, 0.15) is 0 Å². The van der Waals surface area contributed by atoms with Gasteiger partial charge in [-0.2, -0.15) is 0 Å². The van der Waals surface area contributed by atoms with E-state index in [1.807, 2.05) is 6.08 Å². The van der Waals surface area contributed by atoms with Gasteiger partial charge in [-0.25, -0.2) is 0 Å². The molecule has 0 heterocycles. The summed E-state index contributed by atoms with van der Waals surface area (Å²) in [6, 6.07) is 0. The van der Waals surface area contributed by atoms with Crippen molar-refractivity contribution in [2.75, 3.05) is 6.61 Å². The number of aliphatic hydroxyl groups excluding tert-OH is 1. The fourth-order valence-corrected chi connectivity index (χ4v) is 0.514. The average molecular weight is 154 g/mol. The summed E-state index contributed by atoms with van der Waals surface area (Å²) in [4.78, 5) is 0. The zero-order valence-corrected chi connectivity index (χ0v) is 7.72. The summed E-state index contributed by atoms with van der Waals surface area (Å²) in [7, 11) is 0. The summed E-state index contributed by atoms with van der Waals surface area (Å²) < 4.78 is 0. The van der Waals surface area contributed by atoms with Crippen molar-refractivity contribution in [1.29, 1.82) is 0 Å². The molecule has 1 heteroatoms. The Labute approximate surface area is 69.4 Å². The van der Waals surface area contributed by atoms with Crippen molar-refractivity contribution < 1.29 is 5.11 Å². The summed E-state index contributed by atoms with van der Waals surface area (Å²) in [6.07, 6.45) is 5.08. The smallest absolute Gasteiger partial charge is 0.0676 e. The second-order valence-electron chi connectivity index (χ2n) is 3.49. The molecule has 0 fully saturated rings. The molecule has 1 nitrogen and oxygen atoms in total. The summed E-state index contributed by atoms with van der Waals surface area (Å²) >= 11 is 0. The van der Waals surface area contributed by atoms with Crippen LogP contribution in [0.3, 0.4) is 0 Å². The molecular weight excluding hydrogens is 136 g/mol. The molecule has 0 amide bonds. The molecule has 11 heavy (non-hydrogen) atoms. The molecule has 0 aliphatic heterocycles. The number of hydrogen-bond acceptors (Lipinski definition) is 1. The highest BCUT2D eigenvalue weighted by Gasteiger charge is 2.08. The largest absolute Gasteiger partial charge is 0.392 e. The normalized spacial score (nSPS) is 12.4. The zero-order valence-electron chi connectivity index (χ0n) is 7.72. The van der Waals surface area contributed by atoms with Gasteiger partial charge in [-0.15, -0.1) is 0 Å². The highest BCUT2D eigenvalue weighted by molar-refractivity contribution is 5.16. The standard InChI is InChI=1S/C10H18O/c1-5-10(3,4)7-6-9(2)8-11/h6-7,11H,2,5,8H2,1,3-4H3/b7-6-. The van der Waals surface area contributed by atoms with Gasteiger partial charge in [0.25, 0.3) is 0 Å². The lowest BCUT2D eigenvalue weighted by Gasteiger charge is -2.16. The first kappa shape index (κ1) is 10.4. The Hall–Kier alpha value is -0.560. The first-order valence-corrected chi connectivity index (χ1v) is 3.99. The lowest BCUT2D eigenvalue weighted by molar-refractivity contribution is 0.335. The van der Waals surface area contributed by atoms with E-state index in [9.17, 15) is 0 Å². The van der Waals surface area contributed by atoms with E-state index in [1.165, 1.54) is 0 Å². The topological polar surface area (TPSA) is 20.2 Å². The Morgan fingerprint density at radius 1 is 1.55 bits per heavy atom. The van der Waals surface area contributed by atoms with E-state index in [1.54, 1.807) is 0 Å². The molecular formula is C10H18O. The first-order valence-electron chi connectivity index (χ1n) is 3.99. The Morgan fingerprint density at radius 3 is 2.45 bits per heavy atom. The van der Waals surface area contributed by atoms with Crippen LogP contribution in [0.15, 0.2) is 24.3 Å². The molecule has 0 unspecified atom stereocenters. The Balaban J connectivity index is 4.01. The molecule has 0 saturated carbocycles. The van der Waals surface area contributed by atoms with Gasteiger partial charge in [0.2, 0.25) is 0 Å². The number of rotatable bonds is 4. The predicted molar refractivity (Wildman–Crippen MR) is 49.4 cm³/mol. The maximum Gasteiger partial charge on any atom is 0.0676 e. The molecule has 0 aromatic heterocycles. The molecule has 0 radical (unpaired) electrons. The number of aliphatic hydroxyl groups is 1. The van der Waals surface area contributed by atoms with Crippen LogP contribution in [0, 0.1) is 5.41 Å². The minimum absolute atomic E-state index is 0.0519. The minimum Gasteiger partial charge on any atom is -0.392 e. The highest BCUT2D eigenvalue weighted by Crippen LogP contribution is 2.21. The van der Waals surface area contributed by atoms with Crippen LogP contribution >= 0.6 is 0 Å². The van der Waals surface area contributed by atoms with E-state index in [-0.39, 0.29) is 12.0 Å². The van der Waals surface area contributed by atoms with Crippen LogP contribution in [-0.4, -0.2) is 11.7 Å². The maximum absolute atomic E-state index is 8.65. The lowest BCUT2D eigenvalue weighted by Crippen LogP contribution is -2.04. The molecule has 0 aliphatic rings. The molecule has 0 rings (SSSR count). The Morgan fingerprint density at radius 2 is 2.09 bits per heavy atom. The maximum atomic E-state index is 8.65. The monoisotopic (exact) mass is 154 g/mol. The van der Waals surface area contributed by atoms with Crippen molar-refractivity contribution in [3.63, 3.8) is 0 Å². The molecule has 0 aliphatic carbocycles. The van der Waals surface area contributed by atoms with Crippen molar-refractivity contribution >= 4 is 0 Å². The lowest BCUT2D eigenvalue weighted by atomic mass is 9.89. The van der Waals surface area contributed by atoms with Gasteiger partial charge in [0.15, 0.2) is 0 Å². The molecule has 0 saturated heterocycles. The highest BCUT2D eigenvalue weighted by atomic mass is 16.3. The zero-order chi connectivity index (χ0) is 8.91. The fraction of sp³-hybridized carbons (Fsp3) is 0.600. The van der Waals surface area contributed by atoms with Crippen LogP contribution in [0.25, 0.3) is 0 Å². The Bertz CT molecular complexity index is 154. The van der Waals surface area contributed by atoms with E-state index in [2.05, 4.69) is 33.4 Å². The van der Waals surface area contributed by atoms with Crippen molar-refractivity contribution in [2.45, 2.75) is 27.2 Å². The summed E-state index contributed by atoms with van der Waals surface area (Å²) in [5.41, 5.74) is 0.990. The Kier molecular flexibility index (Phi) is 4.12. The van der Waals surface area contributed by atoms with Crippen LogP contribution in [0.4, 0.5) is 0 Å². The van der Waals surface area contributed by atoms with Crippen LogP contribution in [0.5, 0.6) is 0 Å². The van der Waals surface area contributed by atoms with Gasteiger partial charge in [0.05, 0.1) is 6.61 Å². The van der Waals surface area contributed by atoms with Gasteiger partial charge in [0, 0.05) is 0 Å². The summed E-state index contributed by atoms with van der Waals surface area (Å²) in [5.74, 6) is 0. The molecule has 0 aromatic rings. The fourth-order valence-electron chi connectivity index (χ4n) is 0.514. The van der Waals surface area contributed by atoms with Gasteiger partial charge < -0.3 is 5.11 Å². The third-order valence-electron chi connectivity index (χ3n) is 1.88. The van der Waals surface area contributed by atoms with Crippen molar-refractivity contribution in [3.05, 3.63) is 24.3 Å². The first-order chi connectivity index (χ1) is 5.02. The van der Waals surface area contributed by atoms with E-state index in [0.29, 0.717) is 0 Å². The molecule has 0 spiro atoms. The molecule has 0 atom stereocenters.